The van der Waals surface area contributed by atoms with Crippen LogP contribution in [0, 0.1) is 5.92 Å². The van der Waals surface area contributed by atoms with E-state index in [0.717, 1.165) is 25.8 Å². The minimum atomic E-state index is -0.434. The molecule has 0 aromatic heterocycles. The number of nitrogens with zero attached hydrogens (tertiary/aromatic N) is 1. The Labute approximate surface area is 121 Å². The van der Waals surface area contributed by atoms with Gasteiger partial charge in [0.2, 0.25) is 0 Å². The van der Waals surface area contributed by atoms with Crippen LogP contribution in [0.1, 0.15) is 47.0 Å². The molecule has 2 aliphatic rings. The van der Waals surface area contributed by atoms with Crippen LogP contribution in [-0.4, -0.2) is 53.0 Å². The molecular weight excluding hydrogens is 256 g/mol. The molecule has 0 spiro atoms. The Hall–Kier alpha value is -0.810. The molecule has 1 saturated heterocycles. The van der Waals surface area contributed by atoms with Gasteiger partial charge in [0.05, 0.1) is 6.61 Å². The fourth-order valence-electron chi connectivity index (χ4n) is 3.31. The van der Waals surface area contributed by atoms with Crippen molar-refractivity contribution in [2.24, 2.45) is 5.92 Å². The first-order chi connectivity index (χ1) is 9.30. The largest absolute Gasteiger partial charge is 0.444 e. The molecule has 20 heavy (non-hydrogen) atoms. The first-order valence-electron chi connectivity index (χ1n) is 7.66. The summed E-state index contributed by atoms with van der Waals surface area (Å²) in [6.45, 7) is 8.63. The van der Waals surface area contributed by atoms with E-state index in [1.807, 2.05) is 32.6 Å². The first kappa shape index (κ1) is 15.6. The highest BCUT2D eigenvalue weighted by Gasteiger charge is 2.44. The maximum Gasteiger partial charge on any atom is 0.410 e. The zero-order chi connectivity index (χ0) is 14.9. The normalized spacial score (nSPS) is 31.2. The number of likely N-dealkylation sites (tertiary alicyclic amines) is 1. The van der Waals surface area contributed by atoms with Gasteiger partial charge in [-0.15, -0.1) is 0 Å². The fraction of sp³-hybridized carbons (Fsp3) is 0.933. The van der Waals surface area contributed by atoms with Crippen molar-refractivity contribution >= 4 is 6.09 Å². The summed E-state index contributed by atoms with van der Waals surface area (Å²) in [5.74, 6) is 0.482. The smallest absolute Gasteiger partial charge is 0.410 e. The van der Waals surface area contributed by atoms with E-state index in [0.29, 0.717) is 18.0 Å². The number of fused-ring (bicyclic) bond motifs is 2. The molecule has 0 aromatic rings. The van der Waals surface area contributed by atoms with Crippen LogP contribution in [0.3, 0.4) is 0 Å². The summed E-state index contributed by atoms with van der Waals surface area (Å²) in [6.07, 6.45) is 2.96. The molecule has 2 bridgehead atoms. The third-order valence-corrected chi connectivity index (χ3v) is 4.23. The number of aliphatic hydroxyl groups excluding tert-OH is 1. The van der Waals surface area contributed by atoms with Gasteiger partial charge in [0.25, 0.3) is 0 Å². The van der Waals surface area contributed by atoms with Gasteiger partial charge in [-0.3, -0.25) is 0 Å². The van der Waals surface area contributed by atoms with E-state index in [1.165, 1.54) is 0 Å². The third-order valence-electron chi connectivity index (χ3n) is 4.23. The molecule has 5 nitrogen and oxygen atoms in total. The van der Waals surface area contributed by atoms with Gasteiger partial charge in [0, 0.05) is 24.7 Å². The van der Waals surface area contributed by atoms with Crippen molar-refractivity contribution in [1.82, 2.24) is 10.2 Å². The summed E-state index contributed by atoms with van der Waals surface area (Å²) >= 11 is 0. The maximum absolute atomic E-state index is 12.2. The Bertz CT molecular complexity index is 354. The van der Waals surface area contributed by atoms with Gasteiger partial charge in [0.15, 0.2) is 0 Å². The molecule has 1 aliphatic heterocycles. The number of hydrogen-bond donors (Lipinski definition) is 2. The van der Waals surface area contributed by atoms with Gasteiger partial charge in [-0.2, -0.15) is 0 Å². The van der Waals surface area contributed by atoms with Crippen LogP contribution in [-0.2, 0) is 4.74 Å². The quantitative estimate of drug-likeness (QED) is 0.829. The lowest BCUT2D eigenvalue weighted by Crippen LogP contribution is -2.45. The van der Waals surface area contributed by atoms with Gasteiger partial charge in [-0.25, -0.2) is 4.79 Å². The second-order valence-electron chi connectivity index (χ2n) is 7.22. The molecular formula is C15H28N2O3. The van der Waals surface area contributed by atoms with Crippen LogP contribution in [0.4, 0.5) is 4.79 Å². The Morgan fingerprint density at radius 2 is 2.15 bits per heavy atom. The predicted molar refractivity (Wildman–Crippen MR) is 77.5 cm³/mol. The molecule has 1 amide bonds. The molecule has 3 unspecified atom stereocenters. The Morgan fingerprint density at radius 3 is 2.75 bits per heavy atom. The van der Waals surface area contributed by atoms with Crippen LogP contribution in [0.2, 0.25) is 0 Å². The monoisotopic (exact) mass is 284 g/mol. The molecule has 1 aliphatic carbocycles. The molecule has 4 atom stereocenters. The van der Waals surface area contributed by atoms with E-state index in [9.17, 15) is 4.79 Å². The fourth-order valence-corrected chi connectivity index (χ4v) is 3.31. The first-order valence-corrected chi connectivity index (χ1v) is 7.66. The number of carbonyl (C=O) groups is 1. The Balaban J connectivity index is 1.93. The van der Waals surface area contributed by atoms with Gasteiger partial charge in [-0.1, -0.05) is 0 Å². The van der Waals surface area contributed by atoms with Crippen molar-refractivity contribution < 1.29 is 14.6 Å². The predicted octanol–water partition coefficient (Wildman–Crippen LogP) is 1.74. The second-order valence-corrected chi connectivity index (χ2v) is 7.22. The van der Waals surface area contributed by atoms with E-state index in [2.05, 4.69) is 5.32 Å². The van der Waals surface area contributed by atoms with E-state index >= 15 is 0 Å². The van der Waals surface area contributed by atoms with E-state index in [-0.39, 0.29) is 18.7 Å². The average Bonchev–Trinajstić information content (AvgIpc) is 2.69. The highest BCUT2D eigenvalue weighted by atomic mass is 16.6. The van der Waals surface area contributed by atoms with Crippen molar-refractivity contribution in [2.75, 3.05) is 13.2 Å². The van der Waals surface area contributed by atoms with Crippen molar-refractivity contribution in [2.45, 2.75) is 70.7 Å². The molecule has 0 radical (unpaired) electrons. The lowest BCUT2D eigenvalue weighted by Gasteiger charge is -2.31. The van der Waals surface area contributed by atoms with Crippen LogP contribution in [0.25, 0.3) is 0 Å². The summed E-state index contributed by atoms with van der Waals surface area (Å²) < 4.78 is 5.49. The number of ether oxygens (including phenoxy) is 1. The van der Waals surface area contributed by atoms with Gasteiger partial charge >= 0.3 is 6.09 Å². The lowest BCUT2D eigenvalue weighted by molar-refractivity contribution is 0.0223. The van der Waals surface area contributed by atoms with E-state index in [1.54, 1.807) is 0 Å². The SMILES string of the molecule is C[C@H](CO)NC1CCC2CC1CN2C(=O)OC(C)(C)C. The number of rotatable bonds is 3. The molecule has 2 N–H and O–H groups in total. The van der Waals surface area contributed by atoms with Crippen LogP contribution in [0.5, 0.6) is 0 Å². The number of carbonyl (C=O) groups excluding carboxylic acids is 1. The molecule has 2 fully saturated rings. The van der Waals surface area contributed by atoms with Crippen LogP contribution >= 0.6 is 0 Å². The summed E-state index contributed by atoms with van der Waals surface area (Å²) in [5, 5.41) is 12.6. The standard InChI is InChI=1S/C15H28N2O3/c1-10(9-18)16-13-6-5-12-7-11(13)8-17(12)14(19)20-15(2,3)4/h10-13,16,18H,5-9H2,1-4H3/t10-,11?,12?,13?/m1/s1. The van der Waals surface area contributed by atoms with Gasteiger partial charge < -0.3 is 20.1 Å². The Kier molecular flexibility index (Phi) is 4.59. The highest BCUT2D eigenvalue weighted by Crippen LogP contribution is 2.36. The zero-order valence-corrected chi connectivity index (χ0v) is 13.1. The summed E-state index contributed by atoms with van der Waals surface area (Å²) in [7, 11) is 0. The zero-order valence-electron chi connectivity index (χ0n) is 13.1. The third kappa shape index (κ3) is 3.64. The molecule has 2 rings (SSSR count). The molecule has 0 aromatic carbocycles. The van der Waals surface area contributed by atoms with Crippen LogP contribution in [0.15, 0.2) is 0 Å². The average molecular weight is 284 g/mol. The summed E-state index contributed by atoms with van der Waals surface area (Å²) in [6, 6.07) is 0.852. The summed E-state index contributed by atoms with van der Waals surface area (Å²) in [4.78, 5) is 14.1. The highest BCUT2D eigenvalue weighted by molar-refractivity contribution is 5.69. The number of aliphatic hydroxyl groups is 1. The number of hydrogen-bond acceptors (Lipinski definition) is 4. The van der Waals surface area contributed by atoms with Crippen molar-refractivity contribution in [3.63, 3.8) is 0 Å². The molecule has 1 heterocycles. The van der Waals surface area contributed by atoms with Crippen molar-refractivity contribution in [3.05, 3.63) is 0 Å². The van der Waals surface area contributed by atoms with Gasteiger partial charge in [0.1, 0.15) is 5.60 Å². The van der Waals surface area contributed by atoms with E-state index in [4.69, 9.17) is 9.84 Å². The maximum atomic E-state index is 12.2. The van der Waals surface area contributed by atoms with Crippen LogP contribution < -0.4 is 5.32 Å². The topological polar surface area (TPSA) is 61.8 Å². The second kappa shape index (κ2) is 5.90. The minimum Gasteiger partial charge on any atom is -0.444 e. The van der Waals surface area contributed by atoms with E-state index < -0.39 is 5.60 Å². The number of amides is 1. The molecule has 116 valence electrons. The lowest BCUT2D eigenvalue weighted by atomic mass is 9.85. The summed E-state index contributed by atoms with van der Waals surface area (Å²) in [5.41, 5.74) is -0.434. The Morgan fingerprint density at radius 1 is 1.45 bits per heavy atom. The molecule has 5 heteroatoms. The molecule has 1 saturated carbocycles. The minimum absolute atomic E-state index is 0.118. The number of nitrogens with one attached hydrogen (secondary N) is 1. The van der Waals surface area contributed by atoms with Crippen molar-refractivity contribution in [1.29, 1.82) is 0 Å². The van der Waals surface area contributed by atoms with Crippen molar-refractivity contribution in [3.8, 4) is 0 Å². The van der Waals surface area contributed by atoms with Gasteiger partial charge in [-0.05, 0) is 52.9 Å².